The molecule has 0 amide bonds. The molecule has 0 aliphatic carbocycles. The Hall–Kier alpha value is -1.32. The number of H-pyrrole nitrogens is 1. The summed E-state index contributed by atoms with van der Waals surface area (Å²) < 4.78 is 4.97. The lowest BCUT2D eigenvalue weighted by molar-refractivity contribution is 0.199. The van der Waals surface area contributed by atoms with Gasteiger partial charge in [-0.05, 0) is 23.1 Å². The van der Waals surface area contributed by atoms with E-state index in [1.54, 1.807) is 7.11 Å². The number of hydrogen-bond acceptors (Lipinski definition) is 2. The molecule has 0 fully saturated rings. The highest BCUT2D eigenvalue weighted by atomic mass is 16.5. The first-order valence-corrected chi connectivity index (χ1v) is 5.16. The number of rotatable bonds is 5. The van der Waals surface area contributed by atoms with Crippen molar-refractivity contribution in [2.45, 2.75) is 6.54 Å². The van der Waals surface area contributed by atoms with Gasteiger partial charge in [0.1, 0.15) is 0 Å². The summed E-state index contributed by atoms with van der Waals surface area (Å²) in [4.78, 5) is 3.21. The Bertz CT molecular complexity index is 422. The molecule has 2 aromatic rings. The summed E-state index contributed by atoms with van der Waals surface area (Å²) in [6.07, 6.45) is 1.97. The van der Waals surface area contributed by atoms with E-state index < -0.39 is 0 Å². The second-order valence-electron chi connectivity index (χ2n) is 3.57. The number of hydrogen-bond donors (Lipinski definition) is 2. The van der Waals surface area contributed by atoms with Crippen LogP contribution in [0, 0.1) is 0 Å². The van der Waals surface area contributed by atoms with E-state index in [1.807, 2.05) is 6.20 Å². The molecule has 2 rings (SSSR count). The van der Waals surface area contributed by atoms with Crippen LogP contribution in [0.2, 0.25) is 0 Å². The van der Waals surface area contributed by atoms with Crippen LogP contribution in [0.1, 0.15) is 5.56 Å². The molecule has 2 N–H and O–H groups in total. The van der Waals surface area contributed by atoms with Gasteiger partial charge in [-0.25, -0.2) is 0 Å². The Balaban J connectivity index is 1.96. The van der Waals surface area contributed by atoms with E-state index in [-0.39, 0.29) is 0 Å². The molecule has 0 aliphatic heterocycles. The lowest BCUT2D eigenvalue weighted by atomic mass is 10.1. The smallest absolute Gasteiger partial charge is 0.0587 e. The third-order valence-corrected chi connectivity index (χ3v) is 2.43. The third kappa shape index (κ3) is 2.58. The standard InChI is InChI=1S/C12H16N2O/c1-15-7-6-13-9-10-2-3-11-4-5-14-12(11)8-10/h2-5,8,13-14H,6-7,9H2,1H3. The summed E-state index contributed by atoms with van der Waals surface area (Å²) in [7, 11) is 1.71. The fourth-order valence-electron chi connectivity index (χ4n) is 1.61. The van der Waals surface area contributed by atoms with Crippen molar-refractivity contribution < 1.29 is 4.74 Å². The van der Waals surface area contributed by atoms with E-state index in [2.05, 4.69) is 34.6 Å². The van der Waals surface area contributed by atoms with Gasteiger partial charge in [0.25, 0.3) is 0 Å². The minimum atomic E-state index is 0.755. The lowest BCUT2D eigenvalue weighted by Gasteiger charge is -2.04. The second kappa shape index (κ2) is 4.96. The molecule has 0 spiro atoms. The minimum absolute atomic E-state index is 0.755. The second-order valence-corrected chi connectivity index (χ2v) is 3.57. The highest BCUT2D eigenvalue weighted by molar-refractivity contribution is 5.79. The predicted molar refractivity (Wildman–Crippen MR) is 61.9 cm³/mol. The molecule has 3 nitrogen and oxygen atoms in total. The Morgan fingerprint density at radius 3 is 3.13 bits per heavy atom. The molecular weight excluding hydrogens is 188 g/mol. The van der Waals surface area contributed by atoms with Crippen LogP contribution in [-0.4, -0.2) is 25.2 Å². The molecule has 0 bridgehead atoms. The first-order chi connectivity index (χ1) is 7.40. The Morgan fingerprint density at radius 1 is 1.33 bits per heavy atom. The molecule has 0 saturated heterocycles. The number of benzene rings is 1. The minimum Gasteiger partial charge on any atom is -0.383 e. The SMILES string of the molecule is COCCNCc1ccc2cc[nH]c2c1. The lowest BCUT2D eigenvalue weighted by Crippen LogP contribution is -2.18. The van der Waals surface area contributed by atoms with E-state index in [9.17, 15) is 0 Å². The van der Waals surface area contributed by atoms with E-state index in [1.165, 1.54) is 16.5 Å². The van der Waals surface area contributed by atoms with Crippen molar-refractivity contribution in [3.8, 4) is 0 Å². The predicted octanol–water partition coefficient (Wildman–Crippen LogP) is 1.90. The number of aromatic nitrogens is 1. The maximum atomic E-state index is 4.97. The van der Waals surface area contributed by atoms with Crippen molar-refractivity contribution in [2.75, 3.05) is 20.3 Å². The molecular formula is C12H16N2O. The van der Waals surface area contributed by atoms with Crippen LogP contribution in [0.25, 0.3) is 10.9 Å². The van der Waals surface area contributed by atoms with Crippen LogP contribution >= 0.6 is 0 Å². The van der Waals surface area contributed by atoms with Gasteiger partial charge in [0.15, 0.2) is 0 Å². The fourth-order valence-corrected chi connectivity index (χ4v) is 1.61. The van der Waals surface area contributed by atoms with Gasteiger partial charge in [0, 0.05) is 31.9 Å². The van der Waals surface area contributed by atoms with Crippen molar-refractivity contribution in [2.24, 2.45) is 0 Å². The van der Waals surface area contributed by atoms with E-state index >= 15 is 0 Å². The Labute approximate surface area is 89.4 Å². The summed E-state index contributed by atoms with van der Waals surface area (Å²) in [6, 6.07) is 8.54. The van der Waals surface area contributed by atoms with Gasteiger partial charge >= 0.3 is 0 Å². The fraction of sp³-hybridized carbons (Fsp3) is 0.333. The zero-order valence-corrected chi connectivity index (χ0v) is 8.92. The maximum Gasteiger partial charge on any atom is 0.0587 e. The summed E-state index contributed by atoms with van der Waals surface area (Å²) >= 11 is 0. The average Bonchev–Trinajstić information content (AvgIpc) is 2.71. The largest absolute Gasteiger partial charge is 0.383 e. The normalized spacial score (nSPS) is 11.0. The molecule has 0 saturated carbocycles. The van der Waals surface area contributed by atoms with Crippen LogP contribution in [-0.2, 0) is 11.3 Å². The molecule has 1 aromatic heterocycles. The number of ether oxygens (including phenoxy) is 1. The topological polar surface area (TPSA) is 37.0 Å². The molecule has 0 radical (unpaired) electrons. The van der Waals surface area contributed by atoms with E-state index in [0.29, 0.717) is 0 Å². The molecule has 0 aliphatic rings. The third-order valence-electron chi connectivity index (χ3n) is 2.43. The first kappa shape index (κ1) is 10.2. The van der Waals surface area contributed by atoms with Crippen molar-refractivity contribution in [1.29, 1.82) is 0 Å². The Kier molecular flexibility index (Phi) is 3.37. The van der Waals surface area contributed by atoms with Gasteiger partial charge in [-0.3, -0.25) is 0 Å². The van der Waals surface area contributed by atoms with Crippen LogP contribution < -0.4 is 5.32 Å². The van der Waals surface area contributed by atoms with Gasteiger partial charge in [-0.2, -0.15) is 0 Å². The van der Waals surface area contributed by atoms with Crippen LogP contribution in [0.5, 0.6) is 0 Å². The van der Waals surface area contributed by atoms with Crippen molar-refractivity contribution >= 4 is 10.9 Å². The van der Waals surface area contributed by atoms with Crippen molar-refractivity contribution in [1.82, 2.24) is 10.3 Å². The van der Waals surface area contributed by atoms with Gasteiger partial charge < -0.3 is 15.0 Å². The molecule has 0 atom stereocenters. The molecule has 1 aromatic carbocycles. The van der Waals surface area contributed by atoms with E-state index in [0.717, 1.165) is 19.7 Å². The molecule has 3 heteroatoms. The number of methoxy groups -OCH3 is 1. The molecule has 0 unspecified atom stereocenters. The zero-order chi connectivity index (χ0) is 10.5. The van der Waals surface area contributed by atoms with Crippen LogP contribution in [0.15, 0.2) is 30.5 Å². The van der Waals surface area contributed by atoms with Crippen LogP contribution in [0.4, 0.5) is 0 Å². The quantitative estimate of drug-likeness (QED) is 0.730. The van der Waals surface area contributed by atoms with Crippen molar-refractivity contribution in [3.63, 3.8) is 0 Å². The van der Waals surface area contributed by atoms with Gasteiger partial charge in [0.05, 0.1) is 6.61 Å². The summed E-state index contributed by atoms with van der Waals surface area (Å²) in [5.74, 6) is 0. The monoisotopic (exact) mass is 204 g/mol. The van der Waals surface area contributed by atoms with Crippen molar-refractivity contribution in [3.05, 3.63) is 36.0 Å². The number of aromatic amines is 1. The maximum absolute atomic E-state index is 4.97. The zero-order valence-electron chi connectivity index (χ0n) is 8.92. The number of fused-ring (bicyclic) bond motifs is 1. The van der Waals surface area contributed by atoms with E-state index in [4.69, 9.17) is 4.74 Å². The average molecular weight is 204 g/mol. The highest BCUT2D eigenvalue weighted by Crippen LogP contribution is 2.13. The number of nitrogens with one attached hydrogen (secondary N) is 2. The van der Waals surface area contributed by atoms with Gasteiger partial charge in [0.2, 0.25) is 0 Å². The first-order valence-electron chi connectivity index (χ1n) is 5.16. The molecule has 80 valence electrons. The summed E-state index contributed by atoms with van der Waals surface area (Å²) in [5, 5.41) is 4.58. The summed E-state index contributed by atoms with van der Waals surface area (Å²) in [6.45, 7) is 2.53. The Morgan fingerprint density at radius 2 is 2.27 bits per heavy atom. The van der Waals surface area contributed by atoms with Crippen LogP contribution in [0.3, 0.4) is 0 Å². The molecule has 1 heterocycles. The molecule has 15 heavy (non-hydrogen) atoms. The summed E-state index contributed by atoms with van der Waals surface area (Å²) in [5.41, 5.74) is 2.49. The van der Waals surface area contributed by atoms with Gasteiger partial charge in [-0.15, -0.1) is 0 Å². The van der Waals surface area contributed by atoms with Gasteiger partial charge in [-0.1, -0.05) is 12.1 Å². The highest BCUT2D eigenvalue weighted by Gasteiger charge is 1.96.